The summed E-state index contributed by atoms with van der Waals surface area (Å²) in [6.45, 7) is 13.7. The van der Waals surface area contributed by atoms with E-state index >= 15 is 0 Å². The van der Waals surface area contributed by atoms with Gasteiger partial charge in [0.25, 0.3) is 5.91 Å². The quantitative estimate of drug-likeness (QED) is 0.723. The van der Waals surface area contributed by atoms with Crippen LogP contribution in [0.25, 0.3) is 6.08 Å². The molecule has 0 atom stereocenters. The molecule has 3 heterocycles. The minimum absolute atomic E-state index is 0.221. The predicted molar refractivity (Wildman–Crippen MR) is 111 cm³/mol. The molecule has 2 N–H and O–H groups in total. The van der Waals surface area contributed by atoms with Gasteiger partial charge in [0.2, 0.25) is 0 Å². The van der Waals surface area contributed by atoms with Crippen molar-refractivity contribution in [2.45, 2.75) is 47.1 Å². The molecule has 0 aliphatic carbocycles. The van der Waals surface area contributed by atoms with Gasteiger partial charge in [-0.3, -0.25) is 9.69 Å². The summed E-state index contributed by atoms with van der Waals surface area (Å²) < 4.78 is 0. The van der Waals surface area contributed by atoms with Crippen molar-refractivity contribution in [3.05, 3.63) is 52.4 Å². The van der Waals surface area contributed by atoms with Gasteiger partial charge in [0.15, 0.2) is 0 Å². The highest BCUT2D eigenvalue weighted by molar-refractivity contribution is 6.32. The van der Waals surface area contributed by atoms with Crippen molar-refractivity contribution in [1.29, 1.82) is 0 Å². The molecule has 2 aromatic rings. The number of nitrogens with zero attached hydrogens (tertiary/aromatic N) is 4. The lowest BCUT2D eigenvalue weighted by Gasteiger charge is -2.20. The molecule has 1 aliphatic heterocycles. The smallest absolute Gasteiger partial charge is 0.273 e. The van der Waals surface area contributed by atoms with E-state index in [1.165, 1.54) is 17.5 Å². The van der Waals surface area contributed by atoms with Crippen LogP contribution in [0.2, 0.25) is 0 Å². The second-order valence-electron chi connectivity index (χ2n) is 7.23. The van der Waals surface area contributed by atoms with E-state index in [0.717, 1.165) is 31.0 Å². The van der Waals surface area contributed by atoms with Gasteiger partial charge in [-0.25, -0.2) is 15.4 Å². The van der Waals surface area contributed by atoms with Crippen LogP contribution in [0, 0.1) is 6.92 Å². The van der Waals surface area contributed by atoms with E-state index < -0.39 is 0 Å². The molecule has 0 fully saturated rings. The summed E-state index contributed by atoms with van der Waals surface area (Å²) in [5.41, 5.74) is 8.89. The number of H-pyrrole nitrogens is 1. The lowest BCUT2D eigenvalue weighted by Crippen LogP contribution is -2.23. The topological polar surface area (TPSA) is 86.3 Å². The number of aromatic nitrogens is 3. The molecular weight excluding hydrogens is 352 g/mol. The molecule has 7 nitrogen and oxygen atoms in total. The molecule has 148 valence electrons. The van der Waals surface area contributed by atoms with Crippen LogP contribution >= 0.6 is 0 Å². The summed E-state index contributed by atoms with van der Waals surface area (Å²) in [5, 5.41) is 4.18. The van der Waals surface area contributed by atoms with Gasteiger partial charge in [0.1, 0.15) is 12.0 Å². The fraction of sp³-hybridized carbons (Fsp3) is 0.429. The molecule has 0 bridgehead atoms. The normalized spacial score (nSPS) is 15.6. The molecule has 0 radical (unpaired) electrons. The van der Waals surface area contributed by atoms with Crippen molar-refractivity contribution in [3.63, 3.8) is 0 Å². The van der Waals surface area contributed by atoms with Crippen molar-refractivity contribution < 1.29 is 4.79 Å². The molecule has 2 aromatic heterocycles. The fourth-order valence-corrected chi connectivity index (χ4v) is 3.60. The van der Waals surface area contributed by atoms with Crippen LogP contribution in [0.5, 0.6) is 0 Å². The Kier molecular flexibility index (Phi) is 6.04. The Morgan fingerprint density at radius 3 is 2.61 bits per heavy atom. The fourth-order valence-electron chi connectivity index (χ4n) is 3.60. The Hall–Kier alpha value is -2.80. The molecule has 0 spiro atoms. The van der Waals surface area contributed by atoms with E-state index in [2.05, 4.69) is 65.0 Å². The summed E-state index contributed by atoms with van der Waals surface area (Å²) in [4.78, 5) is 26.5. The number of nitrogens with one attached hydrogen (secondary N) is 2. The number of aryl methyl sites for hydroxylation is 1. The Labute approximate surface area is 166 Å². The van der Waals surface area contributed by atoms with Gasteiger partial charge in [-0.15, -0.1) is 0 Å². The number of carbonyl (C=O) groups is 1. The lowest BCUT2D eigenvalue weighted by molar-refractivity contribution is -0.116. The molecule has 0 saturated heterocycles. The van der Waals surface area contributed by atoms with Gasteiger partial charge in [-0.1, -0.05) is 27.7 Å². The van der Waals surface area contributed by atoms with Crippen LogP contribution in [0.3, 0.4) is 0 Å². The molecule has 28 heavy (non-hydrogen) atoms. The number of hydrazone groups is 1. The van der Waals surface area contributed by atoms with E-state index in [-0.39, 0.29) is 5.91 Å². The summed E-state index contributed by atoms with van der Waals surface area (Å²) in [6, 6.07) is 1.75. The molecule has 0 aromatic carbocycles. The number of hydrogen-bond acceptors (Lipinski definition) is 5. The minimum atomic E-state index is -0.221. The third-order valence-electron chi connectivity index (χ3n) is 5.13. The zero-order valence-corrected chi connectivity index (χ0v) is 17.2. The van der Waals surface area contributed by atoms with Gasteiger partial charge in [0.05, 0.1) is 11.3 Å². The van der Waals surface area contributed by atoms with Crippen LogP contribution in [-0.2, 0) is 11.3 Å². The van der Waals surface area contributed by atoms with Crippen LogP contribution < -0.4 is 5.43 Å². The standard InChI is InChI=1S/C21H28N6O/c1-6-27(7-2)11-16-14(5)24-18(19(16)13(3)4)10-15-20(25-26-21(15)28)17-8-9-22-12-23-17/h8-10,12-13,24H,6-7,11H2,1-5H3,(H,26,28)/b15-10+. The lowest BCUT2D eigenvalue weighted by atomic mass is 9.95. The first-order chi connectivity index (χ1) is 13.5. The highest BCUT2D eigenvalue weighted by Crippen LogP contribution is 2.30. The van der Waals surface area contributed by atoms with E-state index in [1.54, 1.807) is 12.3 Å². The number of rotatable bonds is 7. The van der Waals surface area contributed by atoms with Crippen LogP contribution in [-0.4, -0.2) is 44.6 Å². The van der Waals surface area contributed by atoms with Gasteiger partial charge in [0, 0.05) is 24.1 Å². The number of amides is 1. The first-order valence-corrected chi connectivity index (χ1v) is 9.76. The highest BCUT2D eigenvalue weighted by Gasteiger charge is 2.27. The zero-order valence-electron chi connectivity index (χ0n) is 17.2. The van der Waals surface area contributed by atoms with Crippen LogP contribution in [0.15, 0.2) is 29.3 Å². The summed E-state index contributed by atoms with van der Waals surface area (Å²) in [5.74, 6) is 0.104. The third kappa shape index (κ3) is 3.89. The predicted octanol–water partition coefficient (Wildman–Crippen LogP) is 3.00. The van der Waals surface area contributed by atoms with E-state index in [1.807, 2.05) is 6.08 Å². The van der Waals surface area contributed by atoms with E-state index in [0.29, 0.717) is 22.9 Å². The maximum Gasteiger partial charge on any atom is 0.273 e. The van der Waals surface area contributed by atoms with E-state index in [9.17, 15) is 4.79 Å². The second-order valence-corrected chi connectivity index (χ2v) is 7.23. The first kappa shape index (κ1) is 19.9. The Bertz CT molecular complexity index is 906. The molecule has 3 rings (SSSR count). The molecule has 0 saturated carbocycles. The van der Waals surface area contributed by atoms with Crippen molar-refractivity contribution in [2.24, 2.45) is 5.10 Å². The first-order valence-electron chi connectivity index (χ1n) is 9.76. The van der Waals surface area contributed by atoms with Crippen molar-refractivity contribution in [1.82, 2.24) is 25.3 Å². The van der Waals surface area contributed by atoms with Gasteiger partial charge in [-0.05, 0) is 49.2 Å². The van der Waals surface area contributed by atoms with Crippen LogP contribution in [0.4, 0.5) is 0 Å². The summed E-state index contributed by atoms with van der Waals surface area (Å²) in [7, 11) is 0. The monoisotopic (exact) mass is 380 g/mol. The summed E-state index contributed by atoms with van der Waals surface area (Å²) >= 11 is 0. The number of hydrogen-bond donors (Lipinski definition) is 2. The van der Waals surface area contributed by atoms with Crippen LogP contribution in [0.1, 0.15) is 61.8 Å². The molecule has 1 aliphatic rings. The molecule has 1 amide bonds. The highest BCUT2D eigenvalue weighted by atomic mass is 16.2. The SMILES string of the molecule is CCN(CC)Cc1c(C)[nH]c(/C=C2/C(=O)NN=C2c2ccncn2)c1C(C)C. The largest absolute Gasteiger partial charge is 0.359 e. The Morgan fingerprint density at radius 1 is 1.25 bits per heavy atom. The average molecular weight is 380 g/mol. The zero-order chi connectivity index (χ0) is 20.3. The number of aromatic amines is 1. The Balaban J connectivity index is 2.05. The number of carbonyl (C=O) groups excluding carboxylic acids is 1. The average Bonchev–Trinajstić information content (AvgIpc) is 3.20. The van der Waals surface area contributed by atoms with Crippen molar-refractivity contribution in [3.8, 4) is 0 Å². The van der Waals surface area contributed by atoms with Gasteiger partial charge in [-0.2, -0.15) is 5.10 Å². The van der Waals surface area contributed by atoms with Gasteiger partial charge < -0.3 is 4.98 Å². The molecule has 7 heteroatoms. The van der Waals surface area contributed by atoms with Crippen molar-refractivity contribution >= 4 is 17.7 Å². The van der Waals surface area contributed by atoms with Gasteiger partial charge >= 0.3 is 0 Å². The third-order valence-corrected chi connectivity index (χ3v) is 5.13. The Morgan fingerprint density at radius 2 is 2.00 bits per heavy atom. The minimum Gasteiger partial charge on any atom is -0.359 e. The molecule has 0 unspecified atom stereocenters. The second kappa shape index (κ2) is 8.48. The molecular formula is C21H28N6O. The van der Waals surface area contributed by atoms with E-state index in [4.69, 9.17) is 0 Å². The maximum atomic E-state index is 12.4. The maximum absolute atomic E-state index is 12.4. The summed E-state index contributed by atoms with van der Waals surface area (Å²) in [6.07, 6.45) is 5.00. The van der Waals surface area contributed by atoms with Crippen molar-refractivity contribution in [2.75, 3.05) is 13.1 Å².